The SMILES string of the molecule is Cc1cc(Cl)cc([C@@H](N)CC(=O)OC(C)(C)C)c1. The second-order valence-electron chi connectivity index (χ2n) is 5.46. The van der Waals surface area contributed by atoms with Gasteiger partial charge in [-0.25, -0.2) is 0 Å². The molecule has 0 bridgehead atoms. The summed E-state index contributed by atoms with van der Waals surface area (Å²) in [6.45, 7) is 7.44. The maximum absolute atomic E-state index is 11.7. The van der Waals surface area contributed by atoms with Crippen LogP contribution in [-0.2, 0) is 9.53 Å². The maximum Gasteiger partial charge on any atom is 0.308 e. The number of halogens is 1. The van der Waals surface area contributed by atoms with Crippen LogP contribution >= 0.6 is 11.6 Å². The van der Waals surface area contributed by atoms with Gasteiger partial charge in [0.2, 0.25) is 0 Å². The van der Waals surface area contributed by atoms with Crippen molar-refractivity contribution in [2.75, 3.05) is 0 Å². The van der Waals surface area contributed by atoms with E-state index in [2.05, 4.69) is 0 Å². The van der Waals surface area contributed by atoms with Gasteiger partial charge in [0.05, 0.1) is 6.42 Å². The molecular formula is C14H20ClNO2. The van der Waals surface area contributed by atoms with Crippen LogP contribution in [0.1, 0.15) is 44.4 Å². The molecule has 0 radical (unpaired) electrons. The first-order valence-electron chi connectivity index (χ1n) is 5.92. The van der Waals surface area contributed by atoms with E-state index >= 15 is 0 Å². The molecule has 0 fully saturated rings. The van der Waals surface area contributed by atoms with Gasteiger partial charge < -0.3 is 10.5 Å². The number of ether oxygens (including phenoxy) is 1. The minimum atomic E-state index is -0.485. The van der Waals surface area contributed by atoms with Crippen molar-refractivity contribution in [1.82, 2.24) is 0 Å². The number of carbonyl (C=O) groups is 1. The highest BCUT2D eigenvalue weighted by molar-refractivity contribution is 6.30. The summed E-state index contributed by atoms with van der Waals surface area (Å²) in [6.07, 6.45) is 0.150. The van der Waals surface area contributed by atoms with Gasteiger partial charge in [-0.3, -0.25) is 4.79 Å². The van der Waals surface area contributed by atoms with E-state index in [0.29, 0.717) is 5.02 Å². The van der Waals surface area contributed by atoms with Crippen LogP contribution in [0.25, 0.3) is 0 Å². The molecule has 0 aromatic heterocycles. The van der Waals surface area contributed by atoms with Gasteiger partial charge in [0.25, 0.3) is 0 Å². The monoisotopic (exact) mass is 269 g/mol. The van der Waals surface area contributed by atoms with E-state index in [0.717, 1.165) is 11.1 Å². The molecule has 0 aliphatic heterocycles. The third-order valence-electron chi connectivity index (χ3n) is 2.30. The lowest BCUT2D eigenvalue weighted by atomic mass is 10.0. The fourth-order valence-electron chi connectivity index (χ4n) is 1.66. The quantitative estimate of drug-likeness (QED) is 0.856. The molecule has 3 nitrogen and oxygen atoms in total. The maximum atomic E-state index is 11.7. The minimum absolute atomic E-state index is 0.150. The summed E-state index contributed by atoms with van der Waals surface area (Å²) in [5, 5.41) is 0.629. The zero-order valence-corrected chi connectivity index (χ0v) is 12.0. The Morgan fingerprint density at radius 3 is 2.50 bits per heavy atom. The average molecular weight is 270 g/mol. The van der Waals surface area contributed by atoms with Gasteiger partial charge in [-0.05, 0) is 51.0 Å². The van der Waals surface area contributed by atoms with Crippen molar-refractivity contribution in [3.05, 3.63) is 34.3 Å². The predicted molar refractivity (Wildman–Crippen MR) is 73.6 cm³/mol. The molecule has 0 spiro atoms. The van der Waals surface area contributed by atoms with E-state index in [1.807, 2.05) is 39.8 Å². The van der Waals surface area contributed by atoms with Crippen LogP contribution in [0.2, 0.25) is 5.02 Å². The molecule has 18 heavy (non-hydrogen) atoms. The van der Waals surface area contributed by atoms with Crippen LogP contribution in [0.3, 0.4) is 0 Å². The molecule has 0 amide bonds. The fourth-order valence-corrected chi connectivity index (χ4v) is 1.96. The zero-order chi connectivity index (χ0) is 13.9. The normalized spacial score (nSPS) is 13.2. The summed E-state index contributed by atoms with van der Waals surface area (Å²) in [7, 11) is 0. The van der Waals surface area contributed by atoms with Crippen molar-refractivity contribution in [1.29, 1.82) is 0 Å². The van der Waals surface area contributed by atoms with E-state index in [-0.39, 0.29) is 12.4 Å². The summed E-state index contributed by atoms with van der Waals surface area (Å²) < 4.78 is 5.24. The Balaban J connectivity index is 2.70. The van der Waals surface area contributed by atoms with Crippen LogP contribution in [-0.4, -0.2) is 11.6 Å². The number of hydrogen-bond acceptors (Lipinski definition) is 3. The number of carbonyl (C=O) groups excluding carboxylic acids is 1. The molecule has 0 aliphatic rings. The molecule has 2 N–H and O–H groups in total. The molecule has 0 heterocycles. The number of aryl methyl sites for hydroxylation is 1. The Morgan fingerprint density at radius 2 is 2.00 bits per heavy atom. The molecule has 1 atom stereocenters. The lowest BCUT2D eigenvalue weighted by Crippen LogP contribution is -2.26. The summed E-state index contributed by atoms with van der Waals surface area (Å²) in [5.41, 5.74) is 7.39. The molecule has 4 heteroatoms. The zero-order valence-electron chi connectivity index (χ0n) is 11.3. The molecule has 100 valence electrons. The Morgan fingerprint density at radius 1 is 1.39 bits per heavy atom. The van der Waals surface area contributed by atoms with Crippen LogP contribution in [0.5, 0.6) is 0 Å². The highest BCUT2D eigenvalue weighted by Crippen LogP contribution is 2.22. The number of esters is 1. The third kappa shape index (κ3) is 5.07. The average Bonchev–Trinajstić information content (AvgIpc) is 2.12. The third-order valence-corrected chi connectivity index (χ3v) is 2.52. The summed E-state index contributed by atoms with van der Waals surface area (Å²) in [5.74, 6) is -0.298. The number of nitrogens with two attached hydrogens (primary N) is 1. The molecule has 0 saturated carbocycles. The van der Waals surface area contributed by atoms with Crippen LogP contribution in [0.15, 0.2) is 18.2 Å². The highest BCUT2D eigenvalue weighted by atomic mass is 35.5. The van der Waals surface area contributed by atoms with Crippen LogP contribution in [0.4, 0.5) is 0 Å². The van der Waals surface area contributed by atoms with E-state index in [1.165, 1.54) is 0 Å². The number of hydrogen-bond donors (Lipinski definition) is 1. The second kappa shape index (κ2) is 5.72. The van der Waals surface area contributed by atoms with Gasteiger partial charge >= 0.3 is 5.97 Å². The second-order valence-corrected chi connectivity index (χ2v) is 5.90. The van der Waals surface area contributed by atoms with Crippen molar-refractivity contribution >= 4 is 17.6 Å². The molecule has 0 saturated heterocycles. The van der Waals surface area contributed by atoms with E-state index in [1.54, 1.807) is 6.07 Å². The van der Waals surface area contributed by atoms with Crippen molar-refractivity contribution in [3.63, 3.8) is 0 Å². The Bertz CT molecular complexity index is 418. The van der Waals surface area contributed by atoms with E-state index in [4.69, 9.17) is 22.1 Å². The van der Waals surface area contributed by atoms with Crippen molar-refractivity contribution < 1.29 is 9.53 Å². The Hall–Kier alpha value is -1.06. The van der Waals surface area contributed by atoms with Gasteiger partial charge in [0, 0.05) is 11.1 Å². The highest BCUT2D eigenvalue weighted by Gasteiger charge is 2.19. The lowest BCUT2D eigenvalue weighted by Gasteiger charge is -2.21. The largest absolute Gasteiger partial charge is 0.460 e. The molecule has 1 aromatic carbocycles. The smallest absolute Gasteiger partial charge is 0.308 e. The molecule has 0 unspecified atom stereocenters. The van der Waals surface area contributed by atoms with Gasteiger partial charge in [0.15, 0.2) is 0 Å². The number of rotatable bonds is 3. The van der Waals surface area contributed by atoms with E-state index in [9.17, 15) is 4.79 Å². The standard InChI is InChI=1S/C14H20ClNO2/c1-9-5-10(7-11(15)6-9)12(16)8-13(17)18-14(2,3)4/h5-7,12H,8,16H2,1-4H3/t12-/m0/s1. The molecule has 1 aromatic rings. The van der Waals surface area contributed by atoms with E-state index < -0.39 is 11.6 Å². The Labute approximate surface area is 113 Å². The first-order chi connectivity index (χ1) is 8.17. The molecule has 0 aliphatic carbocycles. The summed E-state index contributed by atoms with van der Waals surface area (Å²) >= 11 is 5.97. The first kappa shape index (κ1) is 15.0. The summed E-state index contributed by atoms with van der Waals surface area (Å²) in [6, 6.07) is 5.17. The summed E-state index contributed by atoms with van der Waals surface area (Å²) in [4.78, 5) is 11.7. The van der Waals surface area contributed by atoms with Gasteiger partial charge in [-0.15, -0.1) is 0 Å². The number of benzene rings is 1. The molecule has 1 rings (SSSR count). The molecular weight excluding hydrogens is 250 g/mol. The predicted octanol–water partition coefficient (Wildman–Crippen LogP) is 3.38. The Kier molecular flexibility index (Phi) is 4.77. The van der Waals surface area contributed by atoms with Gasteiger partial charge in [-0.1, -0.05) is 17.7 Å². The van der Waals surface area contributed by atoms with Crippen molar-refractivity contribution in [2.45, 2.75) is 45.8 Å². The van der Waals surface area contributed by atoms with Gasteiger partial charge in [0.1, 0.15) is 5.60 Å². The van der Waals surface area contributed by atoms with Crippen LogP contribution < -0.4 is 5.73 Å². The fraction of sp³-hybridized carbons (Fsp3) is 0.500. The topological polar surface area (TPSA) is 52.3 Å². The first-order valence-corrected chi connectivity index (χ1v) is 6.30. The van der Waals surface area contributed by atoms with Gasteiger partial charge in [-0.2, -0.15) is 0 Å². The van der Waals surface area contributed by atoms with Crippen molar-refractivity contribution in [2.24, 2.45) is 5.73 Å². The van der Waals surface area contributed by atoms with Crippen LogP contribution in [0, 0.1) is 6.92 Å². The minimum Gasteiger partial charge on any atom is -0.460 e. The lowest BCUT2D eigenvalue weighted by molar-refractivity contribution is -0.155. The van der Waals surface area contributed by atoms with Crippen molar-refractivity contribution in [3.8, 4) is 0 Å².